The van der Waals surface area contributed by atoms with Crippen molar-refractivity contribution in [2.45, 2.75) is 52.7 Å². The summed E-state index contributed by atoms with van der Waals surface area (Å²) in [6.07, 6.45) is 3.38. The van der Waals surface area contributed by atoms with Gasteiger partial charge in [-0.05, 0) is 55.2 Å². The molecule has 41 heavy (non-hydrogen) atoms. The molecule has 2 aliphatic rings. The highest BCUT2D eigenvalue weighted by Gasteiger charge is 2.36. The minimum atomic E-state index is -0.353. The molecule has 2 aliphatic heterocycles. The van der Waals surface area contributed by atoms with Crippen LogP contribution in [0.2, 0.25) is 0 Å². The third kappa shape index (κ3) is 5.60. The summed E-state index contributed by atoms with van der Waals surface area (Å²) in [6.45, 7) is 6.74. The standard InChI is InChI=1S/C31H30N4O4S2/c1-4-5-13-34-28(33-17-21-11-12-25-26(14-21)39-18-38-25)23(19(2)24(16-32)29(34)36)15-27-30(37)35(31(40)41-27)20(3)22-9-7-6-8-10-22/h6-12,14-15,20,33H,4-5,13,17-18H2,1-3H3/b27-15+. The molecule has 8 nitrogen and oxygen atoms in total. The van der Waals surface area contributed by atoms with Crippen LogP contribution in [-0.2, 0) is 17.9 Å². The molecule has 1 atom stereocenters. The fraction of sp³-hybridized carbons (Fsp3) is 0.290. The molecule has 3 heterocycles. The number of thioether (sulfide) groups is 1. The Labute approximate surface area is 248 Å². The summed E-state index contributed by atoms with van der Waals surface area (Å²) in [7, 11) is 0. The Kier molecular flexibility index (Phi) is 8.47. The minimum Gasteiger partial charge on any atom is -0.454 e. The number of amides is 1. The quantitative estimate of drug-likeness (QED) is 0.236. The van der Waals surface area contributed by atoms with Crippen molar-refractivity contribution < 1.29 is 14.3 Å². The number of pyridine rings is 1. The van der Waals surface area contributed by atoms with Crippen molar-refractivity contribution in [1.29, 1.82) is 5.26 Å². The van der Waals surface area contributed by atoms with Gasteiger partial charge in [0, 0.05) is 18.7 Å². The van der Waals surface area contributed by atoms with Gasteiger partial charge in [-0.1, -0.05) is 73.7 Å². The zero-order valence-corrected chi connectivity index (χ0v) is 24.7. The normalized spacial score (nSPS) is 15.9. The van der Waals surface area contributed by atoms with Crippen molar-refractivity contribution >= 4 is 46.1 Å². The average molecular weight is 587 g/mol. The van der Waals surface area contributed by atoms with Crippen molar-refractivity contribution in [3.05, 3.63) is 91.6 Å². The van der Waals surface area contributed by atoms with Gasteiger partial charge >= 0.3 is 0 Å². The van der Waals surface area contributed by atoms with E-state index in [9.17, 15) is 14.9 Å². The molecular formula is C31H30N4O4S2. The van der Waals surface area contributed by atoms with E-state index in [0.29, 0.717) is 50.8 Å². The van der Waals surface area contributed by atoms with Crippen molar-refractivity contribution in [2.75, 3.05) is 12.1 Å². The van der Waals surface area contributed by atoms with Gasteiger partial charge < -0.3 is 14.8 Å². The Morgan fingerprint density at radius 2 is 1.93 bits per heavy atom. The molecule has 0 spiro atoms. The Balaban J connectivity index is 1.56. The predicted octanol–water partition coefficient (Wildman–Crippen LogP) is 6.13. The van der Waals surface area contributed by atoms with E-state index in [-0.39, 0.29) is 29.9 Å². The predicted molar refractivity (Wildman–Crippen MR) is 165 cm³/mol. The van der Waals surface area contributed by atoms with Gasteiger partial charge in [0.25, 0.3) is 11.5 Å². The highest BCUT2D eigenvalue weighted by molar-refractivity contribution is 8.26. The van der Waals surface area contributed by atoms with Crippen LogP contribution in [-0.4, -0.2) is 26.5 Å². The number of thiocarbonyl (C=S) groups is 1. The van der Waals surface area contributed by atoms with Gasteiger partial charge in [0.15, 0.2) is 11.5 Å². The van der Waals surface area contributed by atoms with Crippen LogP contribution in [0.5, 0.6) is 11.5 Å². The summed E-state index contributed by atoms with van der Waals surface area (Å²) < 4.78 is 13.0. The molecule has 1 unspecified atom stereocenters. The molecule has 5 rings (SSSR count). The molecule has 10 heteroatoms. The fourth-order valence-electron chi connectivity index (χ4n) is 4.95. The van der Waals surface area contributed by atoms with E-state index in [1.54, 1.807) is 22.5 Å². The number of hydrogen-bond donors (Lipinski definition) is 1. The number of ether oxygens (including phenoxy) is 2. The van der Waals surface area contributed by atoms with Crippen molar-refractivity contribution in [1.82, 2.24) is 9.47 Å². The summed E-state index contributed by atoms with van der Waals surface area (Å²) in [5.41, 5.74) is 2.75. The van der Waals surface area contributed by atoms with Crippen LogP contribution >= 0.6 is 24.0 Å². The first-order valence-corrected chi connectivity index (χ1v) is 14.7. The van der Waals surface area contributed by atoms with Gasteiger partial charge in [0.1, 0.15) is 21.8 Å². The van der Waals surface area contributed by atoms with Crippen LogP contribution in [0.1, 0.15) is 60.5 Å². The first-order valence-electron chi connectivity index (χ1n) is 13.5. The average Bonchev–Trinajstić information content (AvgIpc) is 3.56. The molecule has 1 N–H and O–H groups in total. The number of aromatic nitrogens is 1. The van der Waals surface area contributed by atoms with E-state index < -0.39 is 0 Å². The molecule has 0 radical (unpaired) electrons. The van der Waals surface area contributed by atoms with E-state index in [1.165, 1.54) is 11.8 Å². The zero-order chi connectivity index (χ0) is 29.1. The number of carbonyl (C=O) groups is 1. The van der Waals surface area contributed by atoms with Gasteiger partial charge in [0.2, 0.25) is 6.79 Å². The molecule has 1 amide bonds. The third-order valence-electron chi connectivity index (χ3n) is 7.28. The molecule has 2 aromatic carbocycles. The number of anilines is 1. The van der Waals surface area contributed by atoms with Crippen LogP contribution in [0.15, 0.2) is 58.2 Å². The van der Waals surface area contributed by atoms with Gasteiger partial charge in [-0.2, -0.15) is 5.26 Å². The first-order chi connectivity index (χ1) is 19.8. The van der Waals surface area contributed by atoms with Gasteiger partial charge in [-0.25, -0.2) is 0 Å². The number of nitriles is 1. The van der Waals surface area contributed by atoms with Gasteiger partial charge in [0.05, 0.1) is 10.9 Å². The Morgan fingerprint density at radius 3 is 2.66 bits per heavy atom. The number of carbonyl (C=O) groups excluding carboxylic acids is 1. The van der Waals surface area contributed by atoms with Crippen LogP contribution in [0.3, 0.4) is 0 Å². The smallest absolute Gasteiger partial charge is 0.270 e. The second kappa shape index (κ2) is 12.2. The lowest BCUT2D eigenvalue weighted by Crippen LogP contribution is -2.31. The Morgan fingerprint density at radius 1 is 1.17 bits per heavy atom. The Bertz CT molecular complexity index is 1640. The third-order valence-corrected chi connectivity index (χ3v) is 8.61. The number of benzene rings is 2. The molecule has 1 aromatic heterocycles. The summed E-state index contributed by atoms with van der Waals surface area (Å²) in [5.74, 6) is 1.71. The lowest BCUT2D eigenvalue weighted by molar-refractivity contribution is -0.123. The number of fused-ring (bicyclic) bond motifs is 1. The lowest BCUT2D eigenvalue weighted by atomic mass is 10.0. The maximum absolute atomic E-state index is 13.7. The number of rotatable bonds is 9. The summed E-state index contributed by atoms with van der Waals surface area (Å²) in [4.78, 5) is 29.2. The van der Waals surface area contributed by atoms with E-state index in [0.717, 1.165) is 24.0 Å². The van der Waals surface area contributed by atoms with Crippen molar-refractivity contribution in [3.8, 4) is 17.6 Å². The maximum atomic E-state index is 13.7. The molecule has 3 aromatic rings. The molecule has 1 saturated heterocycles. The fourth-order valence-corrected chi connectivity index (χ4v) is 6.35. The second-order valence-electron chi connectivity index (χ2n) is 9.86. The zero-order valence-electron chi connectivity index (χ0n) is 23.1. The first kappa shape index (κ1) is 28.5. The van der Waals surface area contributed by atoms with E-state index >= 15 is 0 Å². The van der Waals surface area contributed by atoms with Crippen LogP contribution in [0, 0.1) is 18.3 Å². The summed E-state index contributed by atoms with van der Waals surface area (Å²) >= 11 is 6.87. The van der Waals surface area contributed by atoms with Crippen molar-refractivity contribution in [3.63, 3.8) is 0 Å². The van der Waals surface area contributed by atoms with Crippen LogP contribution < -0.4 is 20.3 Å². The molecule has 1 fully saturated rings. The largest absolute Gasteiger partial charge is 0.454 e. The number of unbranched alkanes of at least 4 members (excludes halogenated alkanes) is 1. The molecule has 0 saturated carbocycles. The van der Waals surface area contributed by atoms with Gasteiger partial charge in [-0.15, -0.1) is 0 Å². The number of hydrogen-bond acceptors (Lipinski definition) is 8. The highest BCUT2D eigenvalue weighted by atomic mass is 32.2. The molecule has 0 aliphatic carbocycles. The topological polar surface area (TPSA) is 96.6 Å². The van der Waals surface area contributed by atoms with Crippen LogP contribution in [0.25, 0.3) is 6.08 Å². The maximum Gasteiger partial charge on any atom is 0.270 e. The summed E-state index contributed by atoms with van der Waals surface area (Å²) in [6, 6.07) is 17.3. The molecule has 210 valence electrons. The SMILES string of the molecule is CCCCn1c(NCc2ccc3c(c2)OCO3)c(/C=C2/SC(=S)N(C(C)c3ccccc3)C2=O)c(C)c(C#N)c1=O. The van der Waals surface area contributed by atoms with Gasteiger partial charge in [-0.3, -0.25) is 19.1 Å². The van der Waals surface area contributed by atoms with Crippen molar-refractivity contribution in [2.24, 2.45) is 0 Å². The number of nitrogens with zero attached hydrogens (tertiary/aromatic N) is 3. The number of nitrogens with one attached hydrogen (secondary N) is 1. The second-order valence-corrected chi connectivity index (χ2v) is 11.5. The molecular weight excluding hydrogens is 556 g/mol. The molecule has 0 bridgehead atoms. The van der Waals surface area contributed by atoms with Crippen LogP contribution in [0.4, 0.5) is 5.82 Å². The Hall–Kier alpha value is -4.07. The van der Waals surface area contributed by atoms with E-state index in [1.807, 2.05) is 62.4 Å². The monoisotopic (exact) mass is 586 g/mol. The summed E-state index contributed by atoms with van der Waals surface area (Å²) in [5, 5.41) is 13.4. The van der Waals surface area contributed by atoms with E-state index in [4.69, 9.17) is 21.7 Å². The highest BCUT2D eigenvalue weighted by Crippen LogP contribution is 2.39. The van der Waals surface area contributed by atoms with E-state index in [2.05, 4.69) is 11.4 Å². The minimum absolute atomic E-state index is 0.0640. The lowest BCUT2D eigenvalue weighted by Gasteiger charge is -2.23.